The molecule has 3 fully saturated rings. The standard InChI is InChI=1S/C10H14N2O2/c1-10(2)6-7(10)9(14)12(8(6)13)5-3-11-4-5/h5-7,11H,3-4H2,1-2H3. The van der Waals surface area contributed by atoms with E-state index in [4.69, 9.17) is 0 Å². The lowest BCUT2D eigenvalue weighted by Gasteiger charge is -2.36. The maximum absolute atomic E-state index is 11.9. The monoisotopic (exact) mass is 194 g/mol. The molecule has 4 nitrogen and oxygen atoms in total. The number of hydrogen-bond donors (Lipinski definition) is 1. The van der Waals surface area contributed by atoms with Crippen LogP contribution < -0.4 is 5.32 Å². The minimum absolute atomic E-state index is 0.0180. The summed E-state index contributed by atoms with van der Waals surface area (Å²) in [4.78, 5) is 25.3. The summed E-state index contributed by atoms with van der Waals surface area (Å²) in [6.07, 6.45) is 0. The van der Waals surface area contributed by atoms with Crippen LogP contribution in [0.2, 0.25) is 0 Å². The molecule has 2 saturated heterocycles. The first-order valence-electron chi connectivity index (χ1n) is 5.13. The Kier molecular flexibility index (Phi) is 1.31. The predicted octanol–water partition coefficient (Wildman–Crippen LogP) is -0.401. The first-order chi connectivity index (χ1) is 6.55. The van der Waals surface area contributed by atoms with Gasteiger partial charge in [0.25, 0.3) is 0 Å². The third kappa shape index (κ3) is 0.741. The van der Waals surface area contributed by atoms with Gasteiger partial charge in [0.2, 0.25) is 11.8 Å². The van der Waals surface area contributed by atoms with E-state index in [1.807, 2.05) is 13.8 Å². The van der Waals surface area contributed by atoms with Crippen molar-refractivity contribution < 1.29 is 9.59 Å². The van der Waals surface area contributed by atoms with Gasteiger partial charge in [-0.05, 0) is 5.41 Å². The lowest BCUT2D eigenvalue weighted by molar-refractivity contribution is -0.147. The van der Waals surface area contributed by atoms with E-state index in [0.717, 1.165) is 13.1 Å². The van der Waals surface area contributed by atoms with Gasteiger partial charge in [-0.2, -0.15) is 0 Å². The molecule has 3 rings (SSSR count). The van der Waals surface area contributed by atoms with Crippen molar-refractivity contribution in [2.45, 2.75) is 19.9 Å². The van der Waals surface area contributed by atoms with Crippen LogP contribution in [0.5, 0.6) is 0 Å². The van der Waals surface area contributed by atoms with Crippen LogP contribution in [0.15, 0.2) is 0 Å². The second-order valence-corrected chi connectivity index (χ2v) is 5.14. The van der Waals surface area contributed by atoms with Crippen molar-refractivity contribution in [3.05, 3.63) is 0 Å². The Labute approximate surface area is 82.6 Å². The van der Waals surface area contributed by atoms with Gasteiger partial charge >= 0.3 is 0 Å². The van der Waals surface area contributed by atoms with Gasteiger partial charge in [-0.15, -0.1) is 0 Å². The summed E-state index contributed by atoms with van der Waals surface area (Å²) in [6.45, 7) is 5.57. The van der Waals surface area contributed by atoms with E-state index in [0.29, 0.717) is 0 Å². The van der Waals surface area contributed by atoms with Gasteiger partial charge in [0.1, 0.15) is 0 Å². The molecule has 0 bridgehead atoms. The van der Waals surface area contributed by atoms with Crippen molar-refractivity contribution in [1.82, 2.24) is 10.2 Å². The van der Waals surface area contributed by atoms with Crippen LogP contribution in [0.3, 0.4) is 0 Å². The lowest BCUT2D eigenvalue weighted by atomic mass is 10.0. The van der Waals surface area contributed by atoms with Crippen LogP contribution in [-0.4, -0.2) is 35.8 Å². The van der Waals surface area contributed by atoms with E-state index < -0.39 is 0 Å². The molecule has 2 aliphatic heterocycles. The molecular weight excluding hydrogens is 180 g/mol. The van der Waals surface area contributed by atoms with Crippen LogP contribution in [-0.2, 0) is 9.59 Å². The van der Waals surface area contributed by atoms with Crippen molar-refractivity contribution >= 4 is 11.8 Å². The molecule has 2 atom stereocenters. The summed E-state index contributed by atoms with van der Waals surface area (Å²) < 4.78 is 0. The number of nitrogens with zero attached hydrogens (tertiary/aromatic N) is 1. The highest BCUT2D eigenvalue weighted by molar-refractivity contribution is 6.10. The molecule has 14 heavy (non-hydrogen) atoms. The van der Waals surface area contributed by atoms with E-state index in [-0.39, 0.29) is 35.1 Å². The molecule has 76 valence electrons. The summed E-state index contributed by atoms with van der Waals surface area (Å²) in [5.74, 6) is 0.0965. The van der Waals surface area contributed by atoms with Gasteiger partial charge < -0.3 is 5.32 Å². The molecule has 2 amide bonds. The van der Waals surface area contributed by atoms with E-state index in [1.165, 1.54) is 4.90 Å². The second-order valence-electron chi connectivity index (χ2n) is 5.14. The van der Waals surface area contributed by atoms with E-state index in [1.54, 1.807) is 0 Å². The van der Waals surface area contributed by atoms with Crippen LogP contribution in [0.1, 0.15) is 13.8 Å². The normalized spacial score (nSPS) is 39.7. The maximum atomic E-state index is 11.9. The predicted molar refractivity (Wildman–Crippen MR) is 49.3 cm³/mol. The summed E-state index contributed by atoms with van der Waals surface area (Å²) >= 11 is 0. The first-order valence-corrected chi connectivity index (χ1v) is 5.13. The number of fused-ring (bicyclic) bond motifs is 1. The second kappa shape index (κ2) is 2.19. The molecule has 0 spiro atoms. The van der Waals surface area contributed by atoms with Crippen molar-refractivity contribution in [2.24, 2.45) is 17.3 Å². The first kappa shape index (κ1) is 8.41. The molecule has 1 N–H and O–H groups in total. The molecule has 2 unspecified atom stereocenters. The number of piperidine rings is 1. The number of rotatable bonds is 1. The minimum Gasteiger partial charge on any atom is -0.313 e. The van der Waals surface area contributed by atoms with E-state index in [9.17, 15) is 9.59 Å². The summed E-state index contributed by atoms with van der Waals surface area (Å²) in [7, 11) is 0. The van der Waals surface area contributed by atoms with Crippen molar-refractivity contribution in [2.75, 3.05) is 13.1 Å². The zero-order valence-corrected chi connectivity index (χ0v) is 8.41. The number of imide groups is 1. The molecule has 0 radical (unpaired) electrons. The average molecular weight is 194 g/mol. The molecular formula is C10H14N2O2. The summed E-state index contributed by atoms with van der Waals surface area (Å²) in [5.41, 5.74) is -0.0676. The Bertz CT molecular complexity index is 309. The SMILES string of the molecule is CC1(C)C2C(=O)N(C3CNC3)C(=O)C21. The fraction of sp³-hybridized carbons (Fsp3) is 0.800. The lowest BCUT2D eigenvalue weighted by Crippen LogP contribution is -2.60. The Morgan fingerprint density at radius 3 is 2.07 bits per heavy atom. The number of hydrogen-bond acceptors (Lipinski definition) is 3. The quantitative estimate of drug-likeness (QED) is 0.578. The number of carbonyl (C=O) groups excluding carboxylic acids is 2. The molecule has 1 aliphatic carbocycles. The van der Waals surface area contributed by atoms with Gasteiger partial charge in [0.15, 0.2) is 0 Å². The Morgan fingerprint density at radius 2 is 1.71 bits per heavy atom. The third-order valence-corrected chi connectivity index (χ3v) is 3.96. The Morgan fingerprint density at radius 1 is 1.21 bits per heavy atom. The van der Waals surface area contributed by atoms with E-state index >= 15 is 0 Å². The topological polar surface area (TPSA) is 49.4 Å². The number of likely N-dealkylation sites (tertiary alicyclic amines) is 1. The molecule has 2 heterocycles. The molecule has 3 aliphatic rings. The van der Waals surface area contributed by atoms with Crippen molar-refractivity contribution in [1.29, 1.82) is 0 Å². The largest absolute Gasteiger partial charge is 0.313 e. The van der Waals surface area contributed by atoms with Gasteiger partial charge in [-0.25, -0.2) is 0 Å². The van der Waals surface area contributed by atoms with Gasteiger partial charge in [0, 0.05) is 13.1 Å². The highest BCUT2D eigenvalue weighted by Crippen LogP contribution is 2.63. The zero-order chi connectivity index (χ0) is 10.1. The highest BCUT2D eigenvalue weighted by Gasteiger charge is 2.73. The van der Waals surface area contributed by atoms with Crippen LogP contribution in [0, 0.1) is 17.3 Å². The fourth-order valence-electron chi connectivity index (χ4n) is 2.78. The van der Waals surface area contributed by atoms with Gasteiger partial charge in [0.05, 0.1) is 17.9 Å². The average Bonchev–Trinajstić information content (AvgIpc) is 2.47. The number of carbonyl (C=O) groups is 2. The number of amides is 2. The summed E-state index contributed by atoms with van der Waals surface area (Å²) in [5, 5.41) is 3.08. The minimum atomic E-state index is -0.0676. The molecule has 0 aromatic carbocycles. The Hall–Kier alpha value is -0.900. The Balaban J connectivity index is 1.86. The van der Waals surface area contributed by atoms with E-state index in [2.05, 4.69) is 5.32 Å². The van der Waals surface area contributed by atoms with Crippen LogP contribution in [0.25, 0.3) is 0 Å². The molecule has 4 heteroatoms. The van der Waals surface area contributed by atoms with Gasteiger partial charge in [-0.3, -0.25) is 14.5 Å². The zero-order valence-electron chi connectivity index (χ0n) is 8.41. The molecule has 0 aromatic heterocycles. The molecule has 1 saturated carbocycles. The van der Waals surface area contributed by atoms with Crippen LogP contribution in [0.4, 0.5) is 0 Å². The van der Waals surface area contributed by atoms with Gasteiger partial charge in [-0.1, -0.05) is 13.8 Å². The molecule has 0 aromatic rings. The van der Waals surface area contributed by atoms with Crippen LogP contribution >= 0.6 is 0 Å². The van der Waals surface area contributed by atoms with Crippen molar-refractivity contribution in [3.63, 3.8) is 0 Å². The summed E-state index contributed by atoms with van der Waals surface area (Å²) in [6, 6.07) is 0.138. The smallest absolute Gasteiger partial charge is 0.234 e. The number of nitrogens with one attached hydrogen (secondary N) is 1. The fourth-order valence-corrected chi connectivity index (χ4v) is 2.78. The highest BCUT2D eigenvalue weighted by atomic mass is 16.2. The van der Waals surface area contributed by atoms with Crippen molar-refractivity contribution in [3.8, 4) is 0 Å². The maximum Gasteiger partial charge on any atom is 0.234 e. The third-order valence-electron chi connectivity index (χ3n) is 3.96.